The van der Waals surface area contributed by atoms with Crippen molar-refractivity contribution < 1.29 is 0 Å². The van der Waals surface area contributed by atoms with Crippen LogP contribution in [0, 0.1) is 5.92 Å². The van der Waals surface area contributed by atoms with Gasteiger partial charge in [-0.05, 0) is 69.8 Å². The second-order valence-electron chi connectivity index (χ2n) is 4.93. The summed E-state index contributed by atoms with van der Waals surface area (Å²) in [5, 5.41) is 3.54. The quantitative estimate of drug-likeness (QED) is 0.846. The van der Waals surface area contributed by atoms with Crippen molar-refractivity contribution in [3.63, 3.8) is 0 Å². The lowest BCUT2D eigenvalue weighted by molar-refractivity contribution is 0.119. The smallest absolute Gasteiger partial charge is 0.0843 e. The van der Waals surface area contributed by atoms with Crippen molar-refractivity contribution in [1.82, 2.24) is 10.2 Å². The highest BCUT2D eigenvalue weighted by Gasteiger charge is 2.34. The van der Waals surface area contributed by atoms with Crippen LogP contribution in [-0.2, 0) is 6.54 Å². The van der Waals surface area contributed by atoms with E-state index in [-0.39, 0.29) is 0 Å². The maximum atomic E-state index is 3.58. The highest BCUT2D eigenvalue weighted by Crippen LogP contribution is 2.35. The van der Waals surface area contributed by atoms with Crippen molar-refractivity contribution >= 4 is 43.2 Å². The fraction of sp³-hybridized carbons (Fsp3) is 0.667. The minimum Gasteiger partial charge on any atom is -0.315 e. The zero-order valence-corrected chi connectivity index (χ0v) is 13.6. The third kappa shape index (κ3) is 2.63. The Kier molecular flexibility index (Phi) is 3.92. The van der Waals surface area contributed by atoms with Crippen LogP contribution in [-0.4, -0.2) is 30.6 Å². The second kappa shape index (κ2) is 5.29. The molecule has 94 valence electrons. The number of likely N-dealkylation sites (tertiary alicyclic amines) is 1. The highest BCUT2D eigenvalue weighted by atomic mass is 79.9. The van der Waals surface area contributed by atoms with Crippen molar-refractivity contribution in [2.45, 2.75) is 25.4 Å². The second-order valence-corrected chi connectivity index (χ2v) is 8.24. The normalized spacial score (nSPS) is 29.5. The van der Waals surface area contributed by atoms with Crippen LogP contribution in [0.5, 0.6) is 0 Å². The molecule has 5 heteroatoms. The average molecular weight is 380 g/mol. The highest BCUT2D eigenvalue weighted by molar-refractivity contribution is 9.13. The number of halogens is 2. The molecule has 0 bridgehead atoms. The van der Waals surface area contributed by atoms with Crippen LogP contribution >= 0.6 is 43.2 Å². The van der Waals surface area contributed by atoms with E-state index in [1.54, 1.807) is 0 Å². The summed E-state index contributed by atoms with van der Waals surface area (Å²) in [5.41, 5.74) is 0. The van der Waals surface area contributed by atoms with E-state index < -0.39 is 0 Å². The van der Waals surface area contributed by atoms with E-state index in [1.807, 2.05) is 11.3 Å². The number of nitrogens with zero attached hydrogens (tertiary/aromatic N) is 1. The molecule has 2 nitrogen and oxygen atoms in total. The Labute approximate surface area is 123 Å². The third-order valence-electron chi connectivity index (χ3n) is 3.85. The van der Waals surface area contributed by atoms with E-state index in [1.165, 1.54) is 45.6 Å². The molecule has 1 aromatic rings. The molecule has 2 saturated heterocycles. The lowest BCUT2D eigenvalue weighted by Gasteiger charge is -2.36. The Bertz CT molecular complexity index is 388. The number of rotatable bonds is 2. The van der Waals surface area contributed by atoms with E-state index in [4.69, 9.17) is 0 Å². The molecular weight excluding hydrogens is 364 g/mol. The average Bonchev–Trinajstić information content (AvgIpc) is 2.87. The van der Waals surface area contributed by atoms with Gasteiger partial charge in [-0.2, -0.15) is 0 Å². The Morgan fingerprint density at radius 1 is 1.41 bits per heavy atom. The standard InChI is InChI=1S/C12H16Br2N2S/c13-10-4-9(17-12(10)14)7-16-3-1-2-8-5-15-6-11(8)16/h4,8,11,15H,1-3,5-7H2. The zero-order chi connectivity index (χ0) is 11.8. The monoisotopic (exact) mass is 378 g/mol. The predicted molar refractivity (Wildman–Crippen MR) is 79.5 cm³/mol. The van der Waals surface area contributed by atoms with Crippen LogP contribution in [0.25, 0.3) is 0 Å². The molecule has 1 aromatic heterocycles. The Morgan fingerprint density at radius 3 is 3.06 bits per heavy atom. The van der Waals surface area contributed by atoms with Gasteiger partial charge in [-0.1, -0.05) is 0 Å². The van der Waals surface area contributed by atoms with Crippen LogP contribution in [0.2, 0.25) is 0 Å². The van der Waals surface area contributed by atoms with Crippen molar-refractivity contribution in [3.05, 3.63) is 19.2 Å². The summed E-state index contributed by atoms with van der Waals surface area (Å²) < 4.78 is 2.40. The molecule has 0 saturated carbocycles. The molecule has 2 aliphatic heterocycles. The predicted octanol–water partition coefficient (Wildman–Crippen LogP) is 3.46. The van der Waals surface area contributed by atoms with Crippen molar-refractivity contribution in [2.24, 2.45) is 5.92 Å². The fourth-order valence-corrected chi connectivity index (χ4v) is 5.23. The number of thiophene rings is 1. The third-order valence-corrected chi connectivity index (χ3v) is 7.09. The van der Waals surface area contributed by atoms with Gasteiger partial charge in [0.15, 0.2) is 0 Å². The molecule has 2 atom stereocenters. The molecule has 0 aromatic carbocycles. The van der Waals surface area contributed by atoms with Gasteiger partial charge in [0.2, 0.25) is 0 Å². The van der Waals surface area contributed by atoms with Gasteiger partial charge < -0.3 is 5.32 Å². The van der Waals surface area contributed by atoms with Crippen LogP contribution in [0.4, 0.5) is 0 Å². The van der Waals surface area contributed by atoms with Crippen molar-refractivity contribution in [1.29, 1.82) is 0 Å². The minimum atomic E-state index is 0.767. The van der Waals surface area contributed by atoms with Gasteiger partial charge in [0.25, 0.3) is 0 Å². The first-order valence-electron chi connectivity index (χ1n) is 6.12. The summed E-state index contributed by atoms with van der Waals surface area (Å²) in [5.74, 6) is 0.885. The fourth-order valence-electron chi connectivity index (χ4n) is 3.03. The number of piperidine rings is 1. The Morgan fingerprint density at radius 2 is 2.29 bits per heavy atom. The van der Waals surface area contributed by atoms with Gasteiger partial charge in [0.05, 0.1) is 3.79 Å². The maximum absolute atomic E-state index is 3.58. The van der Waals surface area contributed by atoms with Crippen LogP contribution in [0.1, 0.15) is 17.7 Å². The molecule has 0 aliphatic carbocycles. The Balaban J connectivity index is 1.71. The van der Waals surface area contributed by atoms with Gasteiger partial charge in [0.1, 0.15) is 0 Å². The van der Waals surface area contributed by atoms with Gasteiger partial charge in [-0.15, -0.1) is 11.3 Å². The molecule has 3 heterocycles. The van der Waals surface area contributed by atoms with E-state index >= 15 is 0 Å². The molecular formula is C12H16Br2N2S. The summed E-state index contributed by atoms with van der Waals surface area (Å²) in [6, 6.07) is 3.02. The molecule has 0 amide bonds. The number of hydrogen-bond acceptors (Lipinski definition) is 3. The van der Waals surface area contributed by atoms with Crippen LogP contribution in [0.3, 0.4) is 0 Å². The van der Waals surface area contributed by atoms with E-state index in [0.29, 0.717) is 0 Å². The van der Waals surface area contributed by atoms with Gasteiger partial charge in [-0.25, -0.2) is 0 Å². The lowest BCUT2D eigenvalue weighted by atomic mass is 9.92. The molecule has 2 fully saturated rings. The maximum Gasteiger partial charge on any atom is 0.0843 e. The molecule has 0 spiro atoms. The molecule has 0 radical (unpaired) electrons. The summed E-state index contributed by atoms with van der Waals surface area (Å²) in [4.78, 5) is 4.12. The van der Waals surface area contributed by atoms with Gasteiger partial charge in [0, 0.05) is 28.5 Å². The van der Waals surface area contributed by atoms with Crippen molar-refractivity contribution in [3.8, 4) is 0 Å². The summed E-state index contributed by atoms with van der Waals surface area (Å²) in [6.45, 7) is 4.77. The molecule has 17 heavy (non-hydrogen) atoms. The summed E-state index contributed by atoms with van der Waals surface area (Å²) in [7, 11) is 0. The largest absolute Gasteiger partial charge is 0.315 e. The van der Waals surface area contributed by atoms with Crippen LogP contribution < -0.4 is 5.32 Å². The lowest BCUT2D eigenvalue weighted by Crippen LogP contribution is -2.44. The molecule has 2 aliphatic rings. The SMILES string of the molecule is Brc1cc(CN2CCCC3CNCC32)sc1Br. The van der Waals surface area contributed by atoms with E-state index in [0.717, 1.165) is 18.5 Å². The van der Waals surface area contributed by atoms with Gasteiger partial charge in [-0.3, -0.25) is 4.90 Å². The van der Waals surface area contributed by atoms with Gasteiger partial charge >= 0.3 is 0 Å². The summed E-state index contributed by atoms with van der Waals surface area (Å²) >= 11 is 9.00. The number of hydrogen-bond donors (Lipinski definition) is 1. The van der Waals surface area contributed by atoms with E-state index in [2.05, 4.69) is 48.1 Å². The zero-order valence-electron chi connectivity index (χ0n) is 9.59. The van der Waals surface area contributed by atoms with E-state index in [9.17, 15) is 0 Å². The van der Waals surface area contributed by atoms with Crippen molar-refractivity contribution in [2.75, 3.05) is 19.6 Å². The summed E-state index contributed by atoms with van der Waals surface area (Å²) in [6.07, 6.45) is 2.77. The molecule has 3 rings (SSSR count). The first-order valence-corrected chi connectivity index (χ1v) is 8.53. The number of nitrogens with one attached hydrogen (secondary N) is 1. The Hall–Kier alpha value is 0.580. The number of fused-ring (bicyclic) bond motifs is 1. The minimum absolute atomic E-state index is 0.767. The van der Waals surface area contributed by atoms with Crippen LogP contribution in [0.15, 0.2) is 14.3 Å². The topological polar surface area (TPSA) is 15.3 Å². The first kappa shape index (κ1) is 12.6. The first-order chi connectivity index (χ1) is 8.24. The molecule has 2 unspecified atom stereocenters. The molecule has 1 N–H and O–H groups in total.